The summed E-state index contributed by atoms with van der Waals surface area (Å²) in [6.07, 6.45) is 0. The fourth-order valence-electron chi connectivity index (χ4n) is 1.61. The maximum atomic E-state index is 12.1. The Labute approximate surface area is 131 Å². The van der Waals surface area contributed by atoms with Crippen LogP contribution in [0.25, 0.3) is 0 Å². The van der Waals surface area contributed by atoms with E-state index in [1.807, 2.05) is 0 Å². The lowest BCUT2D eigenvalue weighted by Crippen LogP contribution is -2.15. The first-order chi connectivity index (χ1) is 9.35. The second-order valence-electron chi connectivity index (χ2n) is 4.23. The minimum atomic E-state index is -3.52. The minimum Gasteiger partial charge on any atom is -0.399 e. The molecule has 0 spiro atoms. The Morgan fingerprint density at radius 1 is 1.15 bits per heavy atom. The van der Waals surface area contributed by atoms with Crippen LogP contribution in [0.3, 0.4) is 0 Å². The van der Waals surface area contributed by atoms with E-state index in [1.165, 1.54) is 0 Å². The normalized spacial score (nSPS) is 11.3. The zero-order chi connectivity index (χ0) is 14.8. The third-order valence-electron chi connectivity index (χ3n) is 2.53. The number of nitrogens with one attached hydrogen (secondary N) is 1. The Balaban J connectivity index is 2.19. The van der Waals surface area contributed by atoms with Crippen LogP contribution in [0.15, 0.2) is 46.9 Å². The summed E-state index contributed by atoms with van der Waals surface area (Å²) in [7, 11) is -3.52. The molecule has 0 bridgehead atoms. The average Bonchev–Trinajstić information content (AvgIpc) is 2.36. The van der Waals surface area contributed by atoms with Crippen molar-refractivity contribution in [2.45, 2.75) is 5.75 Å². The maximum Gasteiger partial charge on any atom is 0.236 e. The van der Waals surface area contributed by atoms with Crippen LogP contribution in [0, 0.1) is 0 Å². The molecular formula is C13H12BrClN2O2S. The van der Waals surface area contributed by atoms with E-state index >= 15 is 0 Å². The quantitative estimate of drug-likeness (QED) is 0.802. The molecule has 0 fully saturated rings. The lowest BCUT2D eigenvalue weighted by Gasteiger charge is -2.10. The molecule has 0 aromatic heterocycles. The summed E-state index contributed by atoms with van der Waals surface area (Å²) in [6.45, 7) is 0. The van der Waals surface area contributed by atoms with Gasteiger partial charge in [0, 0.05) is 15.2 Å². The van der Waals surface area contributed by atoms with Gasteiger partial charge in [-0.15, -0.1) is 0 Å². The fourth-order valence-corrected chi connectivity index (χ4v) is 3.47. The summed E-state index contributed by atoms with van der Waals surface area (Å²) in [5.74, 6) is -0.133. The van der Waals surface area contributed by atoms with Crippen molar-refractivity contribution < 1.29 is 8.42 Å². The van der Waals surface area contributed by atoms with E-state index in [1.54, 1.807) is 42.5 Å². The predicted molar refractivity (Wildman–Crippen MR) is 86.3 cm³/mol. The molecule has 2 rings (SSSR count). The molecule has 0 radical (unpaired) electrons. The van der Waals surface area contributed by atoms with E-state index in [0.717, 1.165) is 0 Å². The highest BCUT2D eigenvalue weighted by molar-refractivity contribution is 9.10. The molecule has 0 aliphatic carbocycles. The van der Waals surface area contributed by atoms with Crippen molar-refractivity contribution in [3.05, 3.63) is 57.5 Å². The van der Waals surface area contributed by atoms with Crippen LogP contribution < -0.4 is 10.5 Å². The van der Waals surface area contributed by atoms with Crippen molar-refractivity contribution in [3.8, 4) is 0 Å². The number of sulfonamides is 1. The van der Waals surface area contributed by atoms with E-state index in [9.17, 15) is 8.42 Å². The molecule has 106 valence electrons. The van der Waals surface area contributed by atoms with Crippen LogP contribution >= 0.6 is 27.5 Å². The van der Waals surface area contributed by atoms with Gasteiger partial charge in [-0.2, -0.15) is 0 Å². The van der Waals surface area contributed by atoms with Crippen LogP contribution in [0.1, 0.15) is 5.56 Å². The number of anilines is 2. The average molecular weight is 376 g/mol. The van der Waals surface area contributed by atoms with E-state index in [0.29, 0.717) is 26.4 Å². The molecule has 2 aromatic rings. The second kappa shape index (κ2) is 6.03. The summed E-state index contributed by atoms with van der Waals surface area (Å²) in [4.78, 5) is 0. The number of rotatable bonds is 4. The molecule has 0 amide bonds. The zero-order valence-corrected chi connectivity index (χ0v) is 13.5. The third-order valence-corrected chi connectivity index (χ3v) is 4.70. The van der Waals surface area contributed by atoms with Gasteiger partial charge in [0.25, 0.3) is 0 Å². The van der Waals surface area contributed by atoms with Crippen molar-refractivity contribution in [1.82, 2.24) is 0 Å². The Bertz CT molecular complexity index is 718. The first-order valence-corrected chi connectivity index (χ1v) is 8.48. The fraction of sp³-hybridized carbons (Fsp3) is 0.0769. The first-order valence-electron chi connectivity index (χ1n) is 5.66. The van der Waals surface area contributed by atoms with E-state index < -0.39 is 10.0 Å². The van der Waals surface area contributed by atoms with Crippen LogP contribution in [-0.4, -0.2) is 8.42 Å². The van der Waals surface area contributed by atoms with Gasteiger partial charge in [0.1, 0.15) is 0 Å². The molecular weight excluding hydrogens is 364 g/mol. The van der Waals surface area contributed by atoms with Crippen molar-refractivity contribution in [2.24, 2.45) is 0 Å². The van der Waals surface area contributed by atoms with Crippen LogP contribution in [0.2, 0.25) is 5.02 Å². The first kappa shape index (κ1) is 15.2. The smallest absolute Gasteiger partial charge is 0.236 e. The van der Waals surface area contributed by atoms with Gasteiger partial charge in [-0.05, 0) is 51.8 Å². The number of nitrogens with two attached hydrogens (primary N) is 1. The Hall–Kier alpha value is -1.24. The number of nitrogen functional groups attached to an aromatic ring is 1. The van der Waals surface area contributed by atoms with Crippen molar-refractivity contribution in [3.63, 3.8) is 0 Å². The van der Waals surface area contributed by atoms with Crippen molar-refractivity contribution in [2.75, 3.05) is 10.5 Å². The summed E-state index contributed by atoms with van der Waals surface area (Å²) in [5, 5.41) is 0.457. The predicted octanol–water partition coefficient (Wildman–Crippen LogP) is 3.63. The van der Waals surface area contributed by atoms with Gasteiger partial charge in [0.05, 0.1) is 11.4 Å². The maximum absolute atomic E-state index is 12.1. The number of halogens is 2. The largest absolute Gasteiger partial charge is 0.399 e. The van der Waals surface area contributed by atoms with Gasteiger partial charge < -0.3 is 5.73 Å². The van der Waals surface area contributed by atoms with E-state index in [4.69, 9.17) is 17.3 Å². The van der Waals surface area contributed by atoms with Gasteiger partial charge in [-0.3, -0.25) is 4.72 Å². The molecule has 0 unspecified atom stereocenters. The summed E-state index contributed by atoms with van der Waals surface area (Å²) in [5.41, 5.74) is 7.23. The van der Waals surface area contributed by atoms with Crippen LogP contribution in [-0.2, 0) is 15.8 Å². The SMILES string of the molecule is Nc1ccc(CS(=O)(=O)Nc2cc(Cl)ccc2Br)cc1. The molecule has 0 saturated carbocycles. The number of benzene rings is 2. The molecule has 0 aliphatic heterocycles. The second-order valence-corrected chi connectivity index (χ2v) is 7.24. The lowest BCUT2D eigenvalue weighted by atomic mass is 10.2. The van der Waals surface area contributed by atoms with Gasteiger partial charge in [0.2, 0.25) is 10.0 Å². The summed E-state index contributed by atoms with van der Waals surface area (Å²) >= 11 is 9.13. The molecule has 2 aromatic carbocycles. The standard InChI is InChI=1S/C13H12BrClN2O2S/c14-12-6-3-10(15)7-13(12)17-20(18,19)8-9-1-4-11(16)5-2-9/h1-7,17H,8,16H2. The third kappa shape index (κ3) is 4.13. The molecule has 0 heterocycles. The molecule has 0 saturated heterocycles. The molecule has 3 N–H and O–H groups in total. The minimum absolute atomic E-state index is 0.133. The van der Waals surface area contributed by atoms with Gasteiger partial charge in [-0.25, -0.2) is 8.42 Å². The van der Waals surface area contributed by atoms with E-state index in [2.05, 4.69) is 20.7 Å². The summed E-state index contributed by atoms with van der Waals surface area (Å²) in [6, 6.07) is 11.6. The molecule has 4 nitrogen and oxygen atoms in total. The highest BCUT2D eigenvalue weighted by Gasteiger charge is 2.13. The molecule has 0 aliphatic rings. The van der Waals surface area contributed by atoms with E-state index in [-0.39, 0.29) is 5.75 Å². The monoisotopic (exact) mass is 374 g/mol. The Morgan fingerprint density at radius 3 is 2.45 bits per heavy atom. The van der Waals surface area contributed by atoms with Crippen LogP contribution in [0.4, 0.5) is 11.4 Å². The topological polar surface area (TPSA) is 72.2 Å². The number of hydrogen-bond donors (Lipinski definition) is 2. The van der Waals surface area contributed by atoms with Crippen LogP contribution in [0.5, 0.6) is 0 Å². The van der Waals surface area contributed by atoms with Crippen molar-refractivity contribution in [1.29, 1.82) is 0 Å². The molecule has 20 heavy (non-hydrogen) atoms. The van der Waals surface area contributed by atoms with Gasteiger partial charge in [0.15, 0.2) is 0 Å². The highest BCUT2D eigenvalue weighted by atomic mass is 79.9. The summed E-state index contributed by atoms with van der Waals surface area (Å²) < 4.78 is 27.4. The Kier molecular flexibility index (Phi) is 4.57. The Morgan fingerprint density at radius 2 is 1.80 bits per heavy atom. The molecule has 0 atom stereocenters. The zero-order valence-electron chi connectivity index (χ0n) is 10.3. The molecule has 7 heteroatoms. The number of hydrogen-bond acceptors (Lipinski definition) is 3. The van der Waals surface area contributed by atoms with Crippen molar-refractivity contribution >= 4 is 48.9 Å². The van der Waals surface area contributed by atoms with Gasteiger partial charge >= 0.3 is 0 Å². The highest BCUT2D eigenvalue weighted by Crippen LogP contribution is 2.27. The lowest BCUT2D eigenvalue weighted by molar-refractivity contribution is 0.600. The van der Waals surface area contributed by atoms with Gasteiger partial charge in [-0.1, -0.05) is 23.7 Å².